The monoisotopic (exact) mass is 223 g/mol. The standard InChI is InChI=1S/C11H17N3O2/c1-3-14-6-4-5-9(7-14)10-12-11(8(2)15)16-13-10/h9H,3-7H2,1-2H3. The molecule has 1 aromatic heterocycles. The predicted octanol–water partition coefficient (Wildman–Crippen LogP) is 1.47. The van der Waals surface area contributed by atoms with Crippen molar-refractivity contribution in [2.75, 3.05) is 19.6 Å². The van der Waals surface area contributed by atoms with Crippen LogP contribution < -0.4 is 0 Å². The van der Waals surface area contributed by atoms with Gasteiger partial charge in [0.05, 0.1) is 0 Å². The number of aromatic nitrogens is 2. The molecule has 5 nitrogen and oxygen atoms in total. The lowest BCUT2D eigenvalue weighted by molar-refractivity contribution is 0.0972. The van der Waals surface area contributed by atoms with Gasteiger partial charge in [0.1, 0.15) is 0 Å². The summed E-state index contributed by atoms with van der Waals surface area (Å²) in [4.78, 5) is 17.6. The van der Waals surface area contributed by atoms with Crippen molar-refractivity contribution < 1.29 is 9.32 Å². The fourth-order valence-corrected chi connectivity index (χ4v) is 2.10. The molecule has 0 radical (unpaired) electrons. The summed E-state index contributed by atoms with van der Waals surface area (Å²) < 4.78 is 4.92. The van der Waals surface area contributed by atoms with Gasteiger partial charge in [-0.1, -0.05) is 12.1 Å². The average Bonchev–Trinajstić information content (AvgIpc) is 2.78. The lowest BCUT2D eigenvalue weighted by Gasteiger charge is -2.29. The molecule has 0 aromatic carbocycles. The van der Waals surface area contributed by atoms with Gasteiger partial charge in [-0.2, -0.15) is 4.98 Å². The van der Waals surface area contributed by atoms with E-state index in [0.717, 1.165) is 32.5 Å². The first-order valence-corrected chi connectivity index (χ1v) is 5.77. The third-order valence-electron chi connectivity index (χ3n) is 3.06. The van der Waals surface area contributed by atoms with Crippen molar-refractivity contribution in [1.29, 1.82) is 0 Å². The van der Waals surface area contributed by atoms with Crippen LogP contribution in [0.3, 0.4) is 0 Å². The van der Waals surface area contributed by atoms with Crippen LogP contribution in [-0.4, -0.2) is 40.5 Å². The molecule has 2 heterocycles. The van der Waals surface area contributed by atoms with Crippen LogP contribution in [0, 0.1) is 0 Å². The number of piperidine rings is 1. The minimum absolute atomic E-state index is 0.128. The number of carbonyl (C=O) groups is 1. The normalized spacial score (nSPS) is 22.2. The summed E-state index contributed by atoms with van der Waals surface area (Å²) in [5.74, 6) is 0.958. The summed E-state index contributed by atoms with van der Waals surface area (Å²) in [5.41, 5.74) is 0. The van der Waals surface area contributed by atoms with Crippen LogP contribution in [0.4, 0.5) is 0 Å². The van der Waals surface area contributed by atoms with Gasteiger partial charge < -0.3 is 9.42 Å². The Morgan fingerprint density at radius 2 is 2.44 bits per heavy atom. The first-order valence-electron chi connectivity index (χ1n) is 5.77. The molecule has 0 saturated carbocycles. The van der Waals surface area contributed by atoms with Gasteiger partial charge in [0.15, 0.2) is 5.82 Å². The minimum Gasteiger partial charge on any atom is -0.331 e. The number of nitrogens with zero attached hydrogens (tertiary/aromatic N) is 3. The molecule has 1 aliphatic heterocycles. The maximum atomic E-state index is 11.1. The van der Waals surface area contributed by atoms with Gasteiger partial charge in [-0.25, -0.2) is 0 Å². The lowest BCUT2D eigenvalue weighted by atomic mass is 9.97. The molecule has 0 spiro atoms. The van der Waals surface area contributed by atoms with E-state index in [2.05, 4.69) is 22.0 Å². The van der Waals surface area contributed by atoms with E-state index in [4.69, 9.17) is 4.52 Å². The second-order valence-corrected chi connectivity index (χ2v) is 4.25. The second kappa shape index (κ2) is 4.74. The summed E-state index contributed by atoms with van der Waals surface area (Å²) in [6, 6.07) is 0. The van der Waals surface area contributed by atoms with E-state index in [-0.39, 0.29) is 11.7 Å². The molecule has 0 N–H and O–H groups in total. The van der Waals surface area contributed by atoms with Crippen molar-refractivity contribution in [2.24, 2.45) is 0 Å². The SMILES string of the molecule is CCN1CCCC(c2noc(C(C)=O)n2)C1. The van der Waals surface area contributed by atoms with Gasteiger partial charge in [0.2, 0.25) is 5.78 Å². The Labute approximate surface area is 94.8 Å². The fraction of sp³-hybridized carbons (Fsp3) is 0.727. The third-order valence-corrected chi connectivity index (χ3v) is 3.06. The molecular formula is C11H17N3O2. The second-order valence-electron chi connectivity index (χ2n) is 4.25. The first kappa shape index (κ1) is 11.3. The van der Waals surface area contributed by atoms with Gasteiger partial charge in [-0.15, -0.1) is 0 Å². The van der Waals surface area contributed by atoms with Crippen molar-refractivity contribution >= 4 is 5.78 Å². The zero-order valence-electron chi connectivity index (χ0n) is 9.77. The number of carbonyl (C=O) groups excluding carboxylic acids is 1. The first-order chi connectivity index (χ1) is 7.70. The van der Waals surface area contributed by atoms with Crippen LogP contribution >= 0.6 is 0 Å². The highest BCUT2D eigenvalue weighted by molar-refractivity contribution is 5.89. The Kier molecular flexibility index (Phi) is 3.33. The van der Waals surface area contributed by atoms with E-state index in [1.807, 2.05) is 0 Å². The quantitative estimate of drug-likeness (QED) is 0.726. The maximum Gasteiger partial charge on any atom is 0.293 e. The van der Waals surface area contributed by atoms with Crippen molar-refractivity contribution in [2.45, 2.75) is 32.6 Å². The topological polar surface area (TPSA) is 59.2 Å². The molecule has 0 amide bonds. The van der Waals surface area contributed by atoms with E-state index in [9.17, 15) is 4.79 Å². The highest BCUT2D eigenvalue weighted by atomic mass is 16.5. The number of rotatable bonds is 3. The Bertz CT molecular complexity index is 375. The summed E-state index contributed by atoms with van der Waals surface area (Å²) >= 11 is 0. The molecule has 2 rings (SSSR count). The Morgan fingerprint density at radius 1 is 1.62 bits per heavy atom. The molecule has 16 heavy (non-hydrogen) atoms. The summed E-state index contributed by atoms with van der Waals surface area (Å²) in [5, 5.41) is 3.90. The molecule has 0 bridgehead atoms. The highest BCUT2D eigenvalue weighted by Crippen LogP contribution is 2.24. The minimum atomic E-state index is -0.165. The van der Waals surface area contributed by atoms with Crippen LogP contribution in [0.2, 0.25) is 0 Å². The van der Waals surface area contributed by atoms with Crippen LogP contribution in [0.15, 0.2) is 4.52 Å². The molecule has 1 aliphatic rings. The number of ketones is 1. The molecule has 1 aromatic rings. The van der Waals surface area contributed by atoms with Crippen LogP contribution in [0.1, 0.15) is 49.1 Å². The molecule has 1 saturated heterocycles. The van der Waals surface area contributed by atoms with E-state index >= 15 is 0 Å². The van der Waals surface area contributed by atoms with Crippen molar-refractivity contribution in [1.82, 2.24) is 15.0 Å². The number of hydrogen-bond acceptors (Lipinski definition) is 5. The molecule has 5 heteroatoms. The van der Waals surface area contributed by atoms with E-state index in [1.165, 1.54) is 6.92 Å². The van der Waals surface area contributed by atoms with E-state index in [1.54, 1.807) is 0 Å². The van der Waals surface area contributed by atoms with Gasteiger partial charge in [-0.3, -0.25) is 4.79 Å². The zero-order valence-corrected chi connectivity index (χ0v) is 9.77. The zero-order chi connectivity index (χ0) is 11.5. The predicted molar refractivity (Wildman–Crippen MR) is 58.4 cm³/mol. The van der Waals surface area contributed by atoms with Gasteiger partial charge >= 0.3 is 0 Å². The number of Topliss-reactive ketones (excluding diaryl/α,β-unsaturated/α-hetero) is 1. The average molecular weight is 223 g/mol. The number of likely N-dealkylation sites (tertiary alicyclic amines) is 1. The lowest BCUT2D eigenvalue weighted by Crippen LogP contribution is -2.34. The molecule has 0 aliphatic carbocycles. The largest absolute Gasteiger partial charge is 0.331 e. The molecule has 1 unspecified atom stereocenters. The Balaban J connectivity index is 2.08. The van der Waals surface area contributed by atoms with Gasteiger partial charge in [-0.05, 0) is 25.9 Å². The summed E-state index contributed by atoms with van der Waals surface area (Å²) in [7, 11) is 0. The molecule has 88 valence electrons. The Hall–Kier alpha value is -1.23. The van der Waals surface area contributed by atoms with E-state index in [0.29, 0.717) is 11.7 Å². The fourth-order valence-electron chi connectivity index (χ4n) is 2.10. The smallest absolute Gasteiger partial charge is 0.293 e. The van der Waals surface area contributed by atoms with Crippen molar-refractivity contribution in [3.63, 3.8) is 0 Å². The van der Waals surface area contributed by atoms with Crippen LogP contribution in [0.25, 0.3) is 0 Å². The maximum absolute atomic E-state index is 11.1. The number of likely N-dealkylation sites (N-methyl/N-ethyl adjacent to an activating group) is 1. The van der Waals surface area contributed by atoms with Crippen molar-refractivity contribution in [3.05, 3.63) is 11.7 Å². The van der Waals surface area contributed by atoms with Gasteiger partial charge in [0, 0.05) is 19.4 Å². The Morgan fingerprint density at radius 3 is 3.06 bits per heavy atom. The number of hydrogen-bond donors (Lipinski definition) is 0. The summed E-state index contributed by atoms with van der Waals surface area (Å²) in [6.07, 6.45) is 2.23. The third kappa shape index (κ3) is 2.29. The van der Waals surface area contributed by atoms with Crippen molar-refractivity contribution in [3.8, 4) is 0 Å². The summed E-state index contributed by atoms with van der Waals surface area (Å²) in [6.45, 7) is 6.75. The van der Waals surface area contributed by atoms with Gasteiger partial charge in [0.25, 0.3) is 5.89 Å². The van der Waals surface area contributed by atoms with E-state index < -0.39 is 0 Å². The molecule has 1 fully saturated rings. The van der Waals surface area contributed by atoms with Crippen LogP contribution in [-0.2, 0) is 0 Å². The van der Waals surface area contributed by atoms with Crippen LogP contribution in [0.5, 0.6) is 0 Å². The molecule has 1 atom stereocenters. The molecular weight excluding hydrogens is 206 g/mol. The highest BCUT2D eigenvalue weighted by Gasteiger charge is 2.25.